The van der Waals surface area contributed by atoms with E-state index < -0.39 is 9.84 Å². The van der Waals surface area contributed by atoms with Gasteiger partial charge >= 0.3 is 0 Å². The van der Waals surface area contributed by atoms with E-state index in [1.54, 1.807) is 11.9 Å². The van der Waals surface area contributed by atoms with Crippen LogP contribution in [0.5, 0.6) is 0 Å². The van der Waals surface area contributed by atoms with Gasteiger partial charge in [-0.25, -0.2) is 8.42 Å². The summed E-state index contributed by atoms with van der Waals surface area (Å²) in [6.07, 6.45) is 0.993. The molecule has 1 amide bonds. The lowest BCUT2D eigenvalue weighted by Gasteiger charge is -2.36. The topological polar surface area (TPSA) is 60.9 Å². The Labute approximate surface area is 160 Å². The number of hydrogen-bond donors (Lipinski definition) is 0. The van der Waals surface area contributed by atoms with E-state index in [0.717, 1.165) is 36.9 Å². The van der Waals surface area contributed by atoms with Crippen LogP contribution >= 0.6 is 11.6 Å². The number of nitrogens with zero attached hydrogens (tertiary/aromatic N) is 3. The number of piperazine rings is 1. The first-order valence-electron chi connectivity index (χ1n) is 9.03. The minimum absolute atomic E-state index is 0.0318. The zero-order valence-corrected chi connectivity index (χ0v) is 16.7. The molecule has 0 bridgehead atoms. The molecule has 2 saturated heterocycles. The number of carbonyl (C=O) groups is 1. The van der Waals surface area contributed by atoms with Gasteiger partial charge in [0.25, 0.3) is 0 Å². The van der Waals surface area contributed by atoms with Crippen molar-refractivity contribution in [2.24, 2.45) is 0 Å². The van der Waals surface area contributed by atoms with Gasteiger partial charge in [-0.2, -0.15) is 0 Å². The molecule has 2 aliphatic heterocycles. The van der Waals surface area contributed by atoms with Crippen LogP contribution < -0.4 is 4.90 Å². The minimum Gasteiger partial charge on any atom is -0.369 e. The van der Waals surface area contributed by atoms with Gasteiger partial charge in [-0.3, -0.25) is 9.69 Å². The molecule has 0 saturated carbocycles. The lowest BCUT2D eigenvalue weighted by Crippen LogP contribution is -2.47. The van der Waals surface area contributed by atoms with Gasteiger partial charge < -0.3 is 9.80 Å². The molecule has 2 fully saturated rings. The zero-order valence-electron chi connectivity index (χ0n) is 15.1. The van der Waals surface area contributed by atoms with E-state index >= 15 is 0 Å². The van der Waals surface area contributed by atoms with Crippen molar-refractivity contribution in [2.45, 2.75) is 18.9 Å². The molecule has 6 nitrogen and oxygen atoms in total. The second-order valence-corrected chi connectivity index (χ2v) is 9.79. The molecule has 1 aromatic rings. The summed E-state index contributed by atoms with van der Waals surface area (Å²) >= 11 is 6.06. The molecule has 0 aliphatic carbocycles. The predicted octanol–water partition coefficient (Wildman–Crippen LogP) is 1.50. The number of carbonyl (C=O) groups excluding carboxylic acids is 1. The first kappa shape index (κ1) is 19.5. The van der Waals surface area contributed by atoms with Gasteiger partial charge in [-0.1, -0.05) is 17.7 Å². The van der Waals surface area contributed by atoms with Crippen LogP contribution in [0.1, 0.15) is 12.8 Å². The molecule has 1 atom stereocenters. The number of sulfone groups is 1. The Balaban J connectivity index is 1.43. The van der Waals surface area contributed by atoms with Crippen molar-refractivity contribution in [3.8, 4) is 0 Å². The van der Waals surface area contributed by atoms with E-state index in [2.05, 4.69) is 15.9 Å². The van der Waals surface area contributed by atoms with Crippen LogP contribution in [0.3, 0.4) is 0 Å². The molecular formula is C18H26ClN3O3S. The maximum absolute atomic E-state index is 12.4. The van der Waals surface area contributed by atoms with Crippen molar-refractivity contribution in [3.63, 3.8) is 0 Å². The Kier molecular flexibility index (Phi) is 6.10. The van der Waals surface area contributed by atoms with Crippen LogP contribution in [0.4, 0.5) is 5.69 Å². The summed E-state index contributed by atoms with van der Waals surface area (Å²) in [4.78, 5) is 18.6. The smallest absolute Gasteiger partial charge is 0.223 e. The molecule has 0 N–H and O–H groups in total. The first-order chi connectivity index (χ1) is 12.3. The summed E-state index contributed by atoms with van der Waals surface area (Å²) in [7, 11) is -1.24. The SMILES string of the molecule is CN(C(=O)CCN1CCN(c2cccc(Cl)c2)CC1)C1CCS(=O)(=O)C1. The number of rotatable bonds is 5. The molecule has 2 aliphatic rings. The second kappa shape index (κ2) is 8.15. The van der Waals surface area contributed by atoms with Crippen LogP contribution in [0.15, 0.2) is 24.3 Å². The Morgan fingerprint density at radius 2 is 2.00 bits per heavy atom. The number of amides is 1. The van der Waals surface area contributed by atoms with E-state index in [9.17, 15) is 13.2 Å². The monoisotopic (exact) mass is 399 g/mol. The lowest BCUT2D eigenvalue weighted by molar-refractivity contribution is -0.131. The fourth-order valence-corrected chi connectivity index (χ4v) is 5.58. The van der Waals surface area contributed by atoms with Crippen LogP contribution in [-0.2, 0) is 14.6 Å². The van der Waals surface area contributed by atoms with E-state index in [1.807, 2.05) is 18.2 Å². The van der Waals surface area contributed by atoms with Gasteiger partial charge in [0.1, 0.15) is 0 Å². The summed E-state index contributed by atoms with van der Waals surface area (Å²) in [5.74, 6) is 0.332. The number of halogens is 1. The lowest BCUT2D eigenvalue weighted by atomic mass is 10.2. The van der Waals surface area contributed by atoms with Gasteiger partial charge in [0.15, 0.2) is 9.84 Å². The normalized spacial score (nSPS) is 23.2. The molecule has 2 heterocycles. The highest BCUT2D eigenvalue weighted by Crippen LogP contribution is 2.21. The molecule has 0 spiro atoms. The summed E-state index contributed by atoms with van der Waals surface area (Å²) in [6, 6.07) is 7.72. The third kappa shape index (κ3) is 4.90. The van der Waals surface area contributed by atoms with Crippen LogP contribution in [-0.4, -0.2) is 81.4 Å². The second-order valence-electron chi connectivity index (χ2n) is 7.12. The number of anilines is 1. The predicted molar refractivity (Wildman–Crippen MR) is 105 cm³/mol. The quantitative estimate of drug-likeness (QED) is 0.750. The van der Waals surface area contributed by atoms with Crippen molar-refractivity contribution in [1.29, 1.82) is 0 Å². The molecule has 3 rings (SSSR count). The molecule has 1 unspecified atom stereocenters. The third-order valence-corrected chi connectivity index (χ3v) is 7.32. The maximum atomic E-state index is 12.4. The molecule has 1 aromatic carbocycles. The fraction of sp³-hybridized carbons (Fsp3) is 0.611. The largest absolute Gasteiger partial charge is 0.369 e. The summed E-state index contributed by atoms with van der Waals surface area (Å²) in [6.45, 7) is 4.34. The molecule has 144 valence electrons. The van der Waals surface area contributed by atoms with Crippen LogP contribution in [0.2, 0.25) is 5.02 Å². The first-order valence-corrected chi connectivity index (χ1v) is 11.2. The zero-order chi connectivity index (χ0) is 18.7. The molecule has 0 aromatic heterocycles. The van der Waals surface area contributed by atoms with Crippen LogP contribution in [0.25, 0.3) is 0 Å². The standard InChI is InChI=1S/C18H26ClN3O3S/c1-20(17-6-12-26(24,25)14-17)18(23)5-7-21-8-10-22(11-9-21)16-4-2-3-15(19)13-16/h2-4,13,17H,5-12,14H2,1H3. The van der Waals surface area contributed by atoms with E-state index in [0.29, 0.717) is 19.4 Å². The van der Waals surface area contributed by atoms with Gasteiger partial charge in [-0.05, 0) is 24.6 Å². The van der Waals surface area contributed by atoms with Crippen molar-refractivity contribution >= 4 is 33.0 Å². The summed E-state index contributed by atoms with van der Waals surface area (Å²) in [5.41, 5.74) is 1.13. The fourth-order valence-electron chi connectivity index (χ4n) is 3.62. The molecule has 26 heavy (non-hydrogen) atoms. The van der Waals surface area contributed by atoms with Gasteiger partial charge in [0.05, 0.1) is 11.5 Å². The highest BCUT2D eigenvalue weighted by atomic mass is 35.5. The summed E-state index contributed by atoms with van der Waals surface area (Å²) in [5, 5.41) is 0.743. The number of hydrogen-bond acceptors (Lipinski definition) is 5. The van der Waals surface area contributed by atoms with Crippen molar-refractivity contribution in [2.75, 3.05) is 56.2 Å². The van der Waals surface area contributed by atoms with E-state index in [4.69, 9.17) is 11.6 Å². The summed E-state index contributed by atoms with van der Waals surface area (Å²) < 4.78 is 23.2. The Bertz CT molecular complexity index is 748. The van der Waals surface area contributed by atoms with Crippen LogP contribution in [0, 0.1) is 0 Å². The highest BCUT2D eigenvalue weighted by molar-refractivity contribution is 7.91. The van der Waals surface area contributed by atoms with Crippen molar-refractivity contribution < 1.29 is 13.2 Å². The molecule has 0 radical (unpaired) electrons. The van der Waals surface area contributed by atoms with Gasteiger partial charge in [0, 0.05) is 62.9 Å². The average molecular weight is 400 g/mol. The Morgan fingerprint density at radius 3 is 2.62 bits per heavy atom. The average Bonchev–Trinajstić information content (AvgIpc) is 2.99. The van der Waals surface area contributed by atoms with Gasteiger partial charge in [0.2, 0.25) is 5.91 Å². The van der Waals surface area contributed by atoms with E-state index in [1.165, 1.54) is 0 Å². The third-order valence-electron chi connectivity index (χ3n) is 5.34. The van der Waals surface area contributed by atoms with Crippen molar-refractivity contribution in [1.82, 2.24) is 9.80 Å². The number of benzene rings is 1. The highest BCUT2D eigenvalue weighted by Gasteiger charge is 2.32. The minimum atomic E-state index is -2.96. The van der Waals surface area contributed by atoms with Crippen molar-refractivity contribution in [3.05, 3.63) is 29.3 Å². The maximum Gasteiger partial charge on any atom is 0.223 e. The Morgan fingerprint density at radius 1 is 1.27 bits per heavy atom. The van der Waals surface area contributed by atoms with E-state index in [-0.39, 0.29) is 23.5 Å². The molecule has 8 heteroatoms. The van der Waals surface area contributed by atoms with Gasteiger partial charge in [-0.15, -0.1) is 0 Å². The molecular weight excluding hydrogens is 374 g/mol. The Hall–Kier alpha value is -1.31.